The molecule has 2 heterocycles. The Morgan fingerprint density at radius 1 is 1.10 bits per heavy atom. The summed E-state index contributed by atoms with van der Waals surface area (Å²) >= 11 is 0. The van der Waals surface area contributed by atoms with Crippen molar-refractivity contribution in [1.29, 1.82) is 0 Å². The van der Waals surface area contributed by atoms with E-state index in [4.69, 9.17) is 4.74 Å². The maximum absolute atomic E-state index is 13.4. The maximum atomic E-state index is 13.4. The van der Waals surface area contributed by atoms with Crippen LogP contribution in [0.2, 0.25) is 0 Å². The van der Waals surface area contributed by atoms with Crippen molar-refractivity contribution in [3.05, 3.63) is 83.3 Å². The van der Waals surface area contributed by atoms with Gasteiger partial charge in [-0.3, -0.25) is 4.79 Å². The Morgan fingerprint density at radius 3 is 2.72 bits per heavy atom. The molecule has 146 valence electrons. The molecule has 6 heteroatoms. The smallest absolute Gasteiger partial charge is 0.226 e. The molecule has 2 atom stereocenters. The zero-order valence-electron chi connectivity index (χ0n) is 16.2. The standard InChI is InChI=1S/C23H22N4O2/c1-2-29-20-11-7-6-10-17(20)22-21-18(26-23-24-14-25-27(22)23)12-16(13-19(21)28)15-8-4-3-5-9-15/h3-11,14,16,22H,2,12-13H2,1H3,(H,24,25,26)/t16-,22-/m1/s1. The molecule has 0 saturated carbocycles. The number of carbonyl (C=O) groups is 1. The third-order valence-corrected chi connectivity index (χ3v) is 5.65. The van der Waals surface area contributed by atoms with Crippen LogP contribution in [0.3, 0.4) is 0 Å². The molecule has 29 heavy (non-hydrogen) atoms. The zero-order chi connectivity index (χ0) is 19.8. The molecule has 0 radical (unpaired) electrons. The van der Waals surface area contributed by atoms with Crippen LogP contribution in [0.4, 0.5) is 5.95 Å². The van der Waals surface area contributed by atoms with Gasteiger partial charge in [0.1, 0.15) is 18.1 Å². The van der Waals surface area contributed by atoms with Gasteiger partial charge < -0.3 is 10.1 Å². The highest BCUT2D eigenvalue weighted by Gasteiger charge is 2.40. The number of nitrogens with zero attached hydrogens (tertiary/aromatic N) is 3. The highest BCUT2D eigenvalue weighted by molar-refractivity contribution is 6.00. The van der Waals surface area contributed by atoms with Crippen LogP contribution < -0.4 is 10.1 Å². The van der Waals surface area contributed by atoms with Gasteiger partial charge in [0, 0.05) is 23.3 Å². The number of rotatable bonds is 4. The molecule has 3 aromatic rings. The van der Waals surface area contributed by atoms with Gasteiger partial charge in [-0.15, -0.1) is 0 Å². The van der Waals surface area contributed by atoms with E-state index in [0.717, 1.165) is 29.0 Å². The number of ether oxygens (including phenoxy) is 1. The zero-order valence-corrected chi connectivity index (χ0v) is 16.2. The van der Waals surface area contributed by atoms with Gasteiger partial charge in [-0.25, -0.2) is 4.68 Å². The number of hydrogen-bond acceptors (Lipinski definition) is 5. The van der Waals surface area contributed by atoms with Crippen molar-refractivity contribution in [2.45, 2.75) is 31.7 Å². The second-order valence-corrected chi connectivity index (χ2v) is 7.36. The third-order valence-electron chi connectivity index (χ3n) is 5.65. The summed E-state index contributed by atoms with van der Waals surface area (Å²) in [5.41, 5.74) is 3.82. The first-order valence-electron chi connectivity index (χ1n) is 9.95. The van der Waals surface area contributed by atoms with Crippen LogP contribution in [-0.4, -0.2) is 27.2 Å². The lowest BCUT2D eigenvalue weighted by Crippen LogP contribution is -2.33. The Labute approximate surface area is 169 Å². The number of ketones is 1. The van der Waals surface area contributed by atoms with Crippen molar-refractivity contribution >= 4 is 11.7 Å². The summed E-state index contributed by atoms with van der Waals surface area (Å²) in [5, 5.41) is 7.79. The van der Waals surface area contributed by atoms with Crippen molar-refractivity contribution in [1.82, 2.24) is 14.8 Å². The molecule has 1 N–H and O–H groups in total. The summed E-state index contributed by atoms with van der Waals surface area (Å²) in [4.78, 5) is 17.8. The van der Waals surface area contributed by atoms with Gasteiger partial charge in [0.25, 0.3) is 0 Å². The Balaban J connectivity index is 1.62. The largest absolute Gasteiger partial charge is 0.494 e. The van der Waals surface area contributed by atoms with Crippen LogP contribution in [0.1, 0.15) is 42.9 Å². The molecule has 5 rings (SSSR count). The fraction of sp³-hybridized carbons (Fsp3) is 0.261. The number of anilines is 1. The highest BCUT2D eigenvalue weighted by Crippen LogP contribution is 2.45. The minimum absolute atomic E-state index is 0.144. The monoisotopic (exact) mass is 386 g/mol. The minimum atomic E-state index is -0.337. The number of nitrogens with one attached hydrogen (secondary N) is 1. The van der Waals surface area contributed by atoms with E-state index in [9.17, 15) is 4.79 Å². The van der Waals surface area contributed by atoms with Crippen molar-refractivity contribution in [2.24, 2.45) is 0 Å². The fourth-order valence-electron chi connectivity index (χ4n) is 4.39. The molecule has 0 unspecified atom stereocenters. The molecule has 2 aliphatic rings. The van der Waals surface area contributed by atoms with E-state index in [1.807, 2.05) is 49.4 Å². The average Bonchev–Trinajstić information content (AvgIpc) is 3.22. The van der Waals surface area contributed by atoms with E-state index < -0.39 is 0 Å². The Hall–Kier alpha value is -3.41. The van der Waals surface area contributed by atoms with Crippen LogP contribution >= 0.6 is 0 Å². The van der Waals surface area contributed by atoms with Crippen LogP contribution in [-0.2, 0) is 4.79 Å². The van der Waals surface area contributed by atoms with Gasteiger partial charge >= 0.3 is 0 Å². The number of aromatic nitrogens is 3. The molecule has 0 saturated heterocycles. The van der Waals surface area contributed by atoms with E-state index in [1.54, 1.807) is 4.68 Å². The second-order valence-electron chi connectivity index (χ2n) is 7.36. The number of carbonyl (C=O) groups excluding carboxylic acids is 1. The maximum Gasteiger partial charge on any atom is 0.226 e. The predicted octanol–water partition coefficient (Wildman–Crippen LogP) is 4.09. The van der Waals surface area contributed by atoms with E-state index in [1.165, 1.54) is 11.9 Å². The minimum Gasteiger partial charge on any atom is -0.494 e. The Bertz CT molecular complexity index is 1090. The molecule has 0 bridgehead atoms. The topological polar surface area (TPSA) is 69.0 Å². The number of fused-ring (bicyclic) bond motifs is 1. The molecule has 1 aliphatic carbocycles. The first-order valence-corrected chi connectivity index (χ1v) is 9.95. The van der Waals surface area contributed by atoms with Crippen molar-refractivity contribution < 1.29 is 9.53 Å². The van der Waals surface area contributed by atoms with E-state index in [0.29, 0.717) is 19.0 Å². The molecule has 2 aromatic carbocycles. The first kappa shape index (κ1) is 17.7. The van der Waals surface area contributed by atoms with Gasteiger partial charge in [0.2, 0.25) is 5.95 Å². The van der Waals surface area contributed by atoms with Gasteiger partial charge in [-0.2, -0.15) is 10.1 Å². The molecule has 0 spiro atoms. The van der Waals surface area contributed by atoms with Crippen LogP contribution in [0.25, 0.3) is 0 Å². The molecular weight excluding hydrogens is 364 g/mol. The predicted molar refractivity (Wildman–Crippen MR) is 110 cm³/mol. The summed E-state index contributed by atoms with van der Waals surface area (Å²) in [7, 11) is 0. The number of Topliss-reactive ketones (excluding diaryl/α,β-unsaturated/α-hetero) is 1. The molecule has 0 amide bonds. The van der Waals surface area contributed by atoms with Crippen molar-refractivity contribution in [3.8, 4) is 5.75 Å². The lowest BCUT2D eigenvalue weighted by atomic mass is 9.78. The van der Waals surface area contributed by atoms with Gasteiger partial charge in [0.05, 0.1) is 6.61 Å². The quantitative estimate of drug-likeness (QED) is 0.731. The summed E-state index contributed by atoms with van der Waals surface area (Å²) < 4.78 is 7.66. The lowest BCUT2D eigenvalue weighted by molar-refractivity contribution is -0.116. The number of allylic oxidation sites excluding steroid dienone is 2. The first-order chi connectivity index (χ1) is 14.3. The lowest BCUT2D eigenvalue weighted by Gasteiger charge is -2.35. The third kappa shape index (κ3) is 3.01. The second kappa shape index (κ2) is 7.20. The van der Waals surface area contributed by atoms with Crippen molar-refractivity contribution in [3.63, 3.8) is 0 Å². The van der Waals surface area contributed by atoms with E-state index in [2.05, 4.69) is 27.5 Å². The van der Waals surface area contributed by atoms with E-state index in [-0.39, 0.29) is 17.7 Å². The molecular formula is C23H22N4O2. The summed E-state index contributed by atoms with van der Waals surface area (Å²) in [6.45, 7) is 2.52. The summed E-state index contributed by atoms with van der Waals surface area (Å²) in [5.74, 6) is 1.73. The molecule has 6 nitrogen and oxygen atoms in total. The highest BCUT2D eigenvalue weighted by atomic mass is 16.5. The summed E-state index contributed by atoms with van der Waals surface area (Å²) in [6, 6.07) is 17.8. The normalized spacial score (nSPS) is 20.7. The molecule has 1 aliphatic heterocycles. The van der Waals surface area contributed by atoms with Gasteiger partial charge in [-0.05, 0) is 30.9 Å². The number of hydrogen-bond donors (Lipinski definition) is 1. The molecule has 0 fully saturated rings. The molecule has 1 aromatic heterocycles. The SMILES string of the molecule is CCOc1ccccc1[C@@H]1C2=C(C[C@@H](c3ccccc3)CC2=O)Nc2ncnn21. The number of para-hydroxylation sites is 1. The average molecular weight is 386 g/mol. The van der Waals surface area contributed by atoms with Gasteiger partial charge in [-0.1, -0.05) is 48.5 Å². The van der Waals surface area contributed by atoms with Crippen molar-refractivity contribution in [2.75, 3.05) is 11.9 Å². The Morgan fingerprint density at radius 2 is 1.90 bits per heavy atom. The van der Waals surface area contributed by atoms with Crippen LogP contribution in [0.5, 0.6) is 5.75 Å². The number of benzene rings is 2. The van der Waals surface area contributed by atoms with Crippen LogP contribution in [0.15, 0.2) is 72.2 Å². The fourth-order valence-corrected chi connectivity index (χ4v) is 4.39. The Kier molecular flexibility index (Phi) is 4.39. The summed E-state index contributed by atoms with van der Waals surface area (Å²) in [6.07, 6.45) is 2.78. The van der Waals surface area contributed by atoms with Gasteiger partial charge in [0.15, 0.2) is 5.78 Å². The van der Waals surface area contributed by atoms with Crippen LogP contribution in [0, 0.1) is 0 Å². The van der Waals surface area contributed by atoms with E-state index >= 15 is 0 Å².